The van der Waals surface area contributed by atoms with Crippen LogP contribution in [-0.4, -0.2) is 52.6 Å². The largest absolute Gasteiger partial charge is 0.372 e. The van der Waals surface area contributed by atoms with E-state index in [0.29, 0.717) is 13.0 Å². The van der Waals surface area contributed by atoms with Gasteiger partial charge in [-0.15, -0.1) is 0 Å². The van der Waals surface area contributed by atoms with Crippen molar-refractivity contribution in [3.05, 3.63) is 17.1 Å². The number of amides is 1. The summed E-state index contributed by atoms with van der Waals surface area (Å²) in [6.45, 7) is 11.5. The van der Waals surface area contributed by atoms with Gasteiger partial charge in [0.05, 0.1) is 24.4 Å². The summed E-state index contributed by atoms with van der Waals surface area (Å²) < 4.78 is 5.90. The molecular formula is C23H38N4O2. The van der Waals surface area contributed by atoms with Crippen molar-refractivity contribution in [1.82, 2.24) is 14.9 Å². The summed E-state index contributed by atoms with van der Waals surface area (Å²) in [5.74, 6) is 2.10. The molecule has 3 rings (SSSR count). The molecule has 1 aromatic heterocycles. The lowest BCUT2D eigenvalue weighted by Gasteiger charge is -2.38. The van der Waals surface area contributed by atoms with Crippen LogP contribution in [0.4, 0.5) is 5.82 Å². The molecule has 1 aromatic rings. The summed E-state index contributed by atoms with van der Waals surface area (Å²) in [7, 11) is 0. The van der Waals surface area contributed by atoms with E-state index in [0.717, 1.165) is 61.8 Å². The molecule has 0 aliphatic carbocycles. The molecule has 0 spiro atoms. The molecule has 2 unspecified atom stereocenters. The van der Waals surface area contributed by atoms with Crippen molar-refractivity contribution >= 4 is 11.7 Å². The Morgan fingerprint density at radius 1 is 1.07 bits per heavy atom. The SMILES string of the molecule is CCCCCCCCC(=O)N1CCc2nc(C)nc(N3CC(C)OC(C)C3)c2C1. The number of carbonyl (C=O) groups excluding carboxylic acids is 1. The van der Waals surface area contributed by atoms with Crippen LogP contribution in [0, 0.1) is 6.92 Å². The number of unbranched alkanes of at least 4 members (excludes halogenated alkanes) is 5. The van der Waals surface area contributed by atoms with Crippen molar-refractivity contribution in [3.8, 4) is 0 Å². The van der Waals surface area contributed by atoms with Gasteiger partial charge < -0.3 is 14.5 Å². The minimum absolute atomic E-state index is 0.179. The van der Waals surface area contributed by atoms with Crippen molar-refractivity contribution in [2.24, 2.45) is 0 Å². The van der Waals surface area contributed by atoms with E-state index >= 15 is 0 Å². The summed E-state index contributed by atoms with van der Waals surface area (Å²) in [6, 6.07) is 0. The summed E-state index contributed by atoms with van der Waals surface area (Å²) in [4.78, 5) is 26.6. The van der Waals surface area contributed by atoms with Crippen LogP contribution in [0.3, 0.4) is 0 Å². The maximum absolute atomic E-state index is 12.8. The molecular weight excluding hydrogens is 364 g/mol. The molecule has 2 aliphatic heterocycles. The third-order valence-corrected chi connectivity index (χ3v) is 5.97. The predicted molar refractivity (Wildman–Crippen MR) is 116 cm³/mol. The average Bonchev–Trinajstić information content (AvgIpc) is 2.68. The van der Waals surface area contributed by atoms with Gasteiger partial charge in [0.15, 0.2) is 0 Å². The lowest BCUT2D eigenvalue weighted by Crippen LogP contribution is -2.47. The number of rotatable bonds is 8. The fourth-order valence-corrected chi connectivity index (χ4v) is 4.56. The molecule has 0 bridgehead atoms. The maximum Gasteiger partial charge on any atom is 0.222 e. The smallest absolute Gasteiger partial charge is 0.222 e. The number of aryl methyl sites for hydroxylation is 1. The predicted octanol–water partition coefficient (Wildman–Crippen LogP) is 4.03. The number of fused-ring (bicyclic) bond motifs is 1. The highest BCUT2D eigenvalue weighted by molar-refractivity contribution is 5.76. The second-order valence-corrected chi connectivity index (χ2v) is 8.77. The highest BCUT2D eigenvalue weighted by Crippen LogP contribution is 2.29. The van der Waals surface area contributed by atoms with E-state index < -0.39 is 0 Å². The van der Waals surface area contributed by atoms with Gasteiger partial charge in [-0.05, 0) is 27.2 Å². The topological polar surface area (TPSA) is 58.6 Å². The molecule has 0 radical (unpaired) electrons. The van der Waals surface area contributed by atoms with Gasteiger partial charge in [-0.2, -0.15) is 0 Å². The van der Waals surface area contributed by atoms with E-state index in [9.17, 15) is 4.79 Å². The number of ether oxygens (including phenoxy) is 1. The van der Waals surface area contributed by atoms with E-state index in [1.807, 2.05) is 11.8 Å². The molecule has 162 valence electrons. The minimum atomic E-state index is 0.179. The Kier molecular flexibility index (Phi) is 7.87. The third kappa shape index (κ3) is 5.91. The molecule has 6 nitrogen and oxygen atoms in total. The monoisotopic (exact) mass is 402 g/mol. The number of anilines is 1. The lowest BCUT2D eigenvalue weighted by atomic mass is 10.0. The second-order valence-electron chi connectivity index (χ2n) is 8.77. The highest BCUT2D eigenvalue weighted by Gasteiger charge is 2.30. The van der Waals surface area contributed by atoms with Crippen LogP contribution in [0.15, 0.2) is 0 Å². The number of nitrogens with zero attached hydrogens (tertiary/aromatic N) is 4. The van der Waals surface area contributed by atoms with Crippen LogP contribution in [-0.2, 0) is 22.5 Å². The van der Waals surface area contributed by atoms with Crippen LogP contribution in [0.1, 0.15) is 82.8 Å². The number of hydrogen-bond acceptors (Lipinski definition) is 5. The van der Waals surface area contributed by atoms with Crippen LogP contribution >= 0.6 is 0 Å². The zero-order valence-corrected chi connectivity index (χ0v) is 18.7. The normalized spacial score (nSPS) is 21.9. The number of carbonyl (C=O) groups is 1. The number of aromatic nitrogens is 2. The summed E-state index contributed by atoms with van der Waals surface area (Å²) in [5.41, 5.74) is 2.25. The summed E-state index contributed by atoms with van der Waals surface area (Å²) in [5, 5.41) is 0. The van der Waals surface area contributed by atoms with Crippen LogP contribution in [0.25, 0.3) is 0 Å². The van der Waals surface area contributed by atoms with E-state index in [-0.39, 0.29) is 18.1 Å². The molecule has 2 aliphatic rings. The number of hydrogen-bond donors (Lipinski definition) is 0. The van der Waals surface area contributed by atoms with Gasteiger partial charge in [0.2, 0.25) is 5.91 Å². The summed E-state index contributed by atoms with van der Waals surface area (Å²) in [6.07, 6.45) is 9.10. The van der Waals surface area contributed by atoms with Gasteiger partial charge in [-0.1, -0.05) is 39.0 Å². The van der Waals surface area contributed by atoms with Gasteiger partial charge in [0, 0.05) is 38.0 Å². The van der Waals surface area contributed by atoms with Crippen molar-refractivity contribution in [1.29, 1.82) is 0 Å². The van der Waals surface area contributed by atoms with Crippen LogP contribution in [0.5, 0.6) is 0 Å². The van der Waals surface area contributed by atoms with Gasteiger partial charge in [0.1, 0.15) is 11.6 Å². The third-order valence-electron chi connectivity index (χ3n) is 5.97. The molecule has 1 amide bonds. The average molecular weight is 403 g/mol. The molecule has 0 saturated carbocycles. The van der Waals surface area contributed by atoms with Crippen LogP contribution < -0.4 is 4.90 Å². The Hall–Kier alpha value is -1.69. The Morgan fingerprint density at radius 3 is 2.48 bits per heavy atom. The first-order valence-corrected chi connectivity index (χ1v) is 11.5. The summed E-state index contributed by atoms with van der Waals surface area (Å²) >= 11 is 0. The molecule has 3 heterocycles. The van der Waals surface area contributed by atoms with Crippen molar-refractivity contribution < 1.29 is 9.53 Å². The molecule has 1 fully saturated rings. The van der Waals surface area contributed by atoms with E-state index in [1.54, 1.807) is 0 Å². The molecule has 6 heteroatoms. The van der Waals surface area contributed by atoms with Crippen LogP contribution in [0.2, 0.25) is 0 Å². The molecule has 0 aromatic carbocycles. The Balaban J connectivity index is 1.65. The Labute approximate surface area is 176 Å². The van der Waals surface area contributed by atoms with Gasteiger partial charge >= 0.3 is 0 Å². The zero-order valence-electron chi connectivity index (χ0n) is 18.7. The molecule has 1 saturated heterocycles. The Morgan fingerprint density at radius 2 is 1.76 bits per heavy atom. The second kappa shape index (κ2) is 10.4. The van der Waals surface area contributed by atoms with E-state index in [4.69, 9.17) is 14.7 Å². The molecule has 0 N–H and O–H groups in total. The van der Waals surface area contributed by atoms with Crippen molar-refractivity contribution in [2.45, 2.75) is 97.8 Å². The van der Waals surface area contributed by atoms with Gasteiger partial charge in [-0.25, -0.2) is 9.97 Å². The van der Waals surface area contributed by atoms with E-state index in [1.165, 1.54) is 25.7 Å². The fraction of sp³-hybridized carbons (Fsp3) is 0.783. The first kappa shape index (κ1) is 22.0. The molecule has 2 atom stereocenters. The fourth-order valence-electron chi connectivity index (χ4n) is 4.56. The minimum Gasteiger partial charge on any atom is -0.372 e. The van der Waals surface area contributed by atoms with Gasteiger partial charge in [0.25, 0.3) is 0 Å². The number of morpholine rings is 1. The van der Waals surface area contributed by atoms with Crippen molar-refractivity contribution in [2.75, 3.05) is 24.5 Å². The standard InChI is InChI=1S/C23H38N4O2/c1-5-6-7-8-9-10-11-22(28)26-13-12-21-20(16-26)23(25-19(4)24-21)27-14-17(2)29-18(3)15-27/h17-18H,5-16H2,1-4H3. The van der Waals surface area contributed by atoms with E-state index in [2.05, 4.69) is 25.7 Å². The lowest BCUT2D eigenvalue weighted by molar-refractivity contribution is -0.132. The Bertz CT molecular complexity index is 684. The highest BCUT2D eigenvalue weighted by atomic mass is 16.5. The zero-order chi connectivity index (χ0) is 20.8. The molecule has 29 heavy (non-hydrogen) atoms. The first-order chi connectivity index (χ1) is 14.0. The van der Waals surface area contributed by atoms with Gasteiger partial charge in [-0.3, -0.25) is 4.79 Å². The quantitative estimate of drug-likeness (QED) is 0.614. The maximum atomic E-state index is 12.8. The van der Waals surface area contributed by atoms with Crippen molar-refractivity contribution in [3.63, 3.8) is 0 Å². The first-order valence-electron chi connectivity index (χ1n) is 11.5.